The van der Waals surface area contributed by atoms with Gasteiger partial charge in [0.05, 0.1) is 6.10 Å². The molecule has 0 amide bonds. The summed E-state index contributed by atoms with van der Waals surface area (Å²) >= 11 is 0. The van der Waals surface area contributed by atoms with Gasteiger partial charge in [-0.05, 0) is 6.42 Å². The van der Waals surface area contributed by atoms with Crippen molar-refractivity contribution < 1.29 is 14.3 Å². The zero-order valence-corrected chi connectivity index (χ0v) is 10.5. The maximum atomic E-state index is 11.1. The summed E-state index contributed by atoms with van der Waals surface area (Å²) in [5.74, 6) is 0.176. The average molecular weight is 228 g/mol. The van der Waals surface area contributed by atoms with Gasteiger partial charge in [-0.15, -0.1) is 0 Å². The molecule has 1 aliphatic carbocycles. The Morgan fingerprint density at radius 2 is 1.88 bits per heavy atom. The van der Waals surface area contributed by atoms with Crippen molar-refractivity contribution in [3.05, 3.63) is 0 Å². The number of ketones is 1. The molecule has 0 aliphatic heterocycles. The van der Waals surface area contributed by atoms with Crippen molar-refractivity contribution in [3.63, 3.8) is 0 Å². The van der Waals surface area contributed by atoms with Crippen molar-refractivity contribution in [2.24, 2.45) is 0 Å². The zero-order chi connectivity index (χ0) is 11.8. The molecule has 0 spiro atoms. The molecular formula is C13H24O3. The van der Waals surface area contributed by atoms with Gasteiger partial charge >= 0.3 is 0 Å². The van der Waals surface area contributed by atoms with E-state index in [-0.39, 0.29) is 18.0 Å². The highest BCUT2D eigenvalue weighted by Gasteiger charge is 2.40. The molecule has 0 N–H and O–H groups in total. The Hall–Kier alpha value is -0.410. The highest BCUT2D eigenvalue weighted by atomic mass is 16.5. The molecule has 94 valence electrons. The highest BCUT2D eigenvalue weighted by Crippen LogP contribution is 2.22. The van der Waals surface area contributed by atoms with Gasteiger partial charge in [-0.1, -0.05) is 39.0 Å². The van der Waals surface area contributed by atoms with Crippen LogP contribution in [0.15, 0.2) is 0 Å². The summed E-state index contributed by atoms with van der Waals surface area (Å²) in [7, 11) is 1.57. The molecule has 2 atom stereocenters. The number of methoxy groups -OCH3 is 1. The minimum absolute atomic E-state index is 0.0214. The minimum atomic E-state index is -0.292. The molecule has 1 aliphatic rings. The van der Waals surface area contributed by atoms with E-state index in [0.717, 1.165) is 13.0 Å². The van der Waals surface area contributed by atoms with E-state index in [1.807, 2.05) is 0 Å². The van der Waals surface area contributed by atoms with E-state index >= 15 is 0 Å². The first kappa shape index (κ1) is 13.7. The van der Waals surface area contributed by atoms with Crippen LogP contribution in [0.25, 0.3) is 0 Å². The van der Waals surface area contributed by atoms with Gasteiger partial charge in [0.1, 0.15) is 6.10 Å². The van der Waals surface area contributed by atoms with Crippen molar-refractivity contribution in [1.29, 1.82) is 0 Å². The molecule has 0 radical (unpaired) electrons. The number of rotatable bonds is 9. The summed E-state index contributed by atoms with van der Waals surface area (Å²) in [4.78, 5) is 11.1. The van der Waals surface area contributed by atoms with E-state index in [9.17, 15) is 4.79 Å². The molecule has 0 aromatic rings. The molecule has 1 fully saturated rings. The molecule has 1 saturated carbocycles. The molecule has 1 rings (SSSR count). The second-order valence-electron chi connectivity index (χ2n) is 4.50. The first-order valence-corrected chi connectivity index (χ1v) is 6.46. The van der Waals surface area contributed by atoms with Crippen molar-refractivity contribution in [2.75, 3.05) is 13.7 Å². The lowest BCUT2D eigenvalue weighted by atomic mass is 9.90. The summed E-state index contributed by atoms with van der Waals surface area (Å²) in [6.45, 7) is 2.99. The highest BCUT2D eigenvalue weighted by molar-refractivity contribution is 5.90. The Labute approximate surface area is 98.5 Å². The van der Waals surface area contributed by atoms with Gasteiger partial charge in [0.2, 0.25) is 0 Å². The first-order chi connectivity index (χ1) is 7.79. The number of Topliss-reactive ketones (excluding diaryl/α,β-unsaturated/α-hetero) is 1. The quantitative estimate of drug-likeness (QED) is 0.569. The average Bonchev–Trinajstić information content (AvgIpc) is 2.26. The summed E-state index contributed by atoms with van der Waals surface area (Å²) in [5, 5.41) is 0. The van der Waals surface area contributed by atoms with Gasteiger partial charge in [0.15, 0.2) is 5.78 Å². The van der Waals surface area contributed by atoms with Crippen molar-refractivity contribution in [1.82, 2.24) is 0 Å². The Morgan fingerprint density at radius 3 is 2.50 bits per heavy atom. The van der Waals surface area contributed by atoms with Crippen LogP contribution in [0, 0.1) is 0 Å². The minimum Gasteiger partial charge on any atom is -0.375 e. The van der Waals surface area contributed by atoms with Crippen LogP contribution in [0.3, 0.4) is 0 Å². The number of carbonyl (C=O) groups excluding carboxylic acids is 1. The molecule has 2 unspecified atom stereocenters. The fourth-order valence-electron chi connectivity index (χ4n) is 2.01. The van der Waals surface area contributed by atoms with E-state index in [2.05, 4.69) is 6.92 Å². The van der Waals surface area contributed by atoms with Crippen molar-refractivity contribution in [3.8, 4) is 0 Å². The maximum absolute atomic E-state index is 11.1. The number of unbranched alkanes of at least 4 members (excludes halogenated alkanes) is 5. The van der Waals surface area contributed by atoms with E-state index in [1.54, 1.807) is 7.11 Å². The summed E-state index contributed by atoms with van der Waals surface area (Å²) in [5.41, 5.74) is 0. The lowest BCUT2D eigenvalue weighted by Gasteiger charge is -2.33. The van der Waals surface area contributed by atoms with Crippen molar-refractivity contribution >= 4 is 5.78 Å². The number of hydrogen-bond acceptors (Lipinski definition) is 3. The van der Waals surface area contributed by atoms with Crippen LogP contribution in [0.1, 0.15) is 51.9 Å². The van der Waals surface area contributed by atoms with Crippen LogP contribution in [-0.4, -0.2) is 31.7 Å². The third-order valence-electron chi connectivity index (χ3n) is 3.14. The summed E-state index contributed by atoms with van der Waals surface area (Å²) in [6.07, 6.45) is 7.86. The largest absolute Gasteiger partial charge is 0.375 e. The summed E-state index contributed by atoms with van der Waals surface area (Å²) in [6, 6.07) is 0. The monoisotopic (exact) mass is 228 g/mol. The lowest BCUT2D eigenvalue weighted by Crippen LogP contribution is -2.50. The van der Waals surface area contributed by atoms with E-state index in [4.69, 9.17) is 9.47 Å². The van der Waals surface area contributed by atoms with E-state index in [0.29, 0.717) is 6.42 Å². The molecule has 16 heavy (non-hydrogen) atoms. The van der Waals surface area contributed by atoms with Crippen LogP contribution in [-0.2, 0) is 14.3 Å². The van der Waals surface area contributed by atoms with Crippen LogP contribution < -0.4 is 0 Å². The van der Waals surface area contributed by atoms with Crippen molar-refractivity contribution in [2.45, 2.75) is 64.1 Å². The molecule has 0 heterocycles. The molecule has 0 aromatic heterocycles. The third kappa shape index (κ3) is 4.22. The SMILES string of the molecule is CCCCCCCCOC1CC(=O)C1OC. The first-order valence-electron chi connectivity index (χ1n) is 6.46. The van der Waals surface area contributed by atoms with Gasteiger partial charge in [0, 0.05) is 20.1 Å². The smallest absolute Gasteiger partial charge is 0.166 e. The van der Waals surface area contributed by atoms with Gasteiger partial charge in [-0.25, -0.2) is 0 Å². The van der Waals surface area contributed by atoms with Gasteiger partial charge in [-0.3, -0.25) is 4.79 Å². The van der Waals surface area contributed by atoms with Gasteiger partial charge in [-0.2, -0.15) is 0 Å². The molecule has 3 nitrogen and oxygen atoms in total. The summed E-state index contributed by atoms with van der Waals surface area (Å²) < 4.78 is 10.7. The molecule has 0 bridgehead atoms. The molecule has 0 aromatic carbocycles. The number of ether oxygens (including phenoxy) is 2. The van der Waals surface area contributed by atoms with Gasteiger partial charge in [0.25, 0.3) is 0 Å². The molecule has 3 heteroatoms. The Bertz CT molecular complexity index is 203. The number of hydrogen-bond donors (Lipinski definition) is 0. The van der Waals surface area contributed by atoms with Gasteiger partial charge < -0.3 is 9.47 Å². The van der Waals surface area contributed by atoms with Crippen LogP contribution in [0.2, 0.25) is 0 Å². The second kappa shape index (κ2) is 7.80. The Morgan fingerprint density at radius 1 is 1.19 bits per heavy atom. The third-order valence-corrected chi connectivity index (χ3v) is 3.14. The van der Waals surface area contributed by atoms with E-state index < -0.39 is 0 Å². The lowest BCUT2D eigenvalue weighted by molar-refractivity contribution is -0.161. The predicted molar refractivity (Wildman–Crippen MR) is 63.5 cm³/mol. The second-order valence-corrected chi connectivity index (χ2v) is 4.50. The Balaban J connectivity index is 1.90. The Kier molecular flexibility index (Phi) is 6.65. The fourth-order valence-corrected chi connectivity index (χ4v) is 2.01. The molecular weight excluding hydrogens is 204 g/mol. The zero-order valence-electron chi connectivity index (χ0n) is 10.5. The number of carbonyl (C=O) groups is 1. The fraction of sp³-hybridized carbons (Fsp3) is 0.923. The van der Waals surface area contributed by atoms with Crippen LogP contribution in [0.4, 0.5) is 0 Å². The van der Waals surface area contributed by atoms with Crippen LogP contribution >= 0.6 is 0 Å². The maximum Gasteiger partial charge on any atom is 0.166 e. The van der Waals surface area contributed by atoms with Crippen LogP contribution in [0.5, 0.6) is 0 Å². The standard InChI is InChI=1S/C13H24O3/c1-3-4-5-6-7-8-9-16-12-10-11(14)13(12)15-2/h12-13H,3-10H2,1-2H3. The van der Waals surface area contributed by atoms with E-state index in [1.165, 1.54) is 32.1 Å². The predicted octanol–water partition coefficient (Wildman–Crippen LogP) is 2.72. The normalized spacial score (nSPS) is 24.5. The topological polar surface area (TPSA) is 35.5 Å². The molecule has 0 saturated heterocycles.